The predicted octanol–water partition coefficient (Wildman–Crippen LogP) is 2.96. The van der Waals surface area contributed by atoms with Gasteiger partial charge in [0.2, 0.25) is 11.7 Å². The van der Waals surface area contributed by atoms with Gasteiger partial charge in [0.05, 0.1) is 23.9 Å². The van der Waals surface area contributed by atoms with E-state index < -0.39 is 0 Å². The summed E-state index contributed by atoms with van der Waals surface area (Å²) in [5.74, 6) is 0.864. The average Bonchev–Trinajstić information content (AvgIpc) is 3.60. The summed E-state index contributed by atoms with van der Waals surface area (Å²) in [6.45, 7) is 2.57. The molecule has 6 rings (SSSR count). The molecule has 0 N–H and O–H groups in total. The number of thioether (sulfide) groups is 1. The third-order valence-corrected chi connectivity index (χ3v) is 8.21. The van der Waals surface area contributed by atoms with Crippen LogP contribution in [0.25, 0.3) is 16.0 Å². The highest BCUT2D eigenvalue weighted by atomic mass is 32.2. The first-order valence-electron chi connectivity index (χ1n) is 11.1. The number of thiophene rings is 1. The Morgan fingerprint density at radius 3 is 2.94 bits per heavy atom. The van der Waals surface area contributed by atoms with Crippen LogP contribution in [-0.2, 0) is 29.0 Å². The fraction of sp³-hybridized carbons (Fsp3) is 0.391. The number of hydrogen-bond donors (Lipinski definition) is 0. The molecular formula is C23H23N5O3S2. The highest BCUT2D eigenvalue weighted by molar-refractivity contribution is 7.99. The number of nitrogens with zero attached hydrogens (tertiary/aromatic N) is 5. The van der Waals surface area contributed by atoms with Gasteiger partial charge in [-0.15, -0.1) is 21.5 Å². The first-order chi connectivity index (χ1) is 16.2. The Balaban J connectivity index is 1.27. The SMILES string of the molecule is O=C(CSc1nnc2n(C[C@H]3CCCO3)c(=O)c3sccc3n12)N1CCc2ccccc2C1. The quantitative estimate of drug-likeness (QED) is 0.408. The van der Waals surface area contributed by atoms with E-state index in [1.54, 1.807) is 4.57 Å². The van der Waals surface area contributed by atoms with Crippen molar-refractivity contribution in [1.82, 2.24) is 24.1 Å². The maximum absolute atomic E-state index is 13.1. The average molecular weight is 482 g/mol. The summed E-state index contributed by atoms with van der Waals surface area (Å²) in [5.41, 5.74) is 3.26. The molecule has 4 aromatic rings. The normalized spacial score (nSPS) is 18.3. The molecule has 0 spiro atoms. The van der Waals surface area contributed by atoms with Crippen molar-refractivity contribution in [2.24, 2.45) is 0 Å². The van der Waals surface area contributed by atoms with E-state index in [9.17, 15) is 9.59 Å². The van der Waals surface area contributed by atoms with Gasteiger partial charge in [-0.3, -0.25) is 18.6 Å². The van der Waals surface area contributed by atoms with Gasteiger partial charge in [-0.1, -0.05) is 36.0 Å². The number of amides is 1. The van der Waals surface area contributed by atoms with Gasteiger partial charge in [-0.05, 0) is 41.8 Å². The number of carbonyl (C=O) groups excluding carboxylic acids is 1. The molecule has 5 heterocycles. The second-order valence-corrected chi connectivity index (χ2v) is 10.3. The van der Waals surface area contributed by atoms with Gasteiger partial charge in [-0.2, -0.15) is 0 Å². The van der Waals surface area contributed by atoms with Crippen molar-refractivity contribution in [3.63, 3.8) is 0 Å². The van der Waals surface area contributed by atoms with Crippen LogP contribution in [0.3, 0.4) is 0 Å². The van der Waals surface area contributed by atoms with Crippen molar-refractivity contribution in [3.05, 3.63) is 57.2 Å². The summed E-state index contributed by atoms with van der Waals surface area (Å²) in [5, 5.41) is 11.2. The summed E-state index contributed by atoms with van der Waals surface area (Å²) in [6.07, 6.45) is 2.84. The largest absolute Gasteiger partial charge is 0.376 e. The molecule has 0 bridgehead atoms. The number of rotatable bonds is 5. The lowest BCUT2D eigenvalue weighted by molar-refractivity contribution is -0.129. The number of aromatic nitrogens is 4. The second kappa shape index (κ2) is 8.58. The van der Waals surface area contributed by atoms with Crippen LogP contribution in [0, 0.1) is 0 Å². The fourth-order valence-electron chi connectivity index (χ4n) is 4.68. The van der Waals surface area contributed by atoms with Crippen molar-refractivity contribution in [1.29, 1.82) is 0 Å². The smallest absolute Gasteiger partial charge is 0.272 e. The summed E-state index contributed by atoms with van der Waals surface area (Å²) in [6, 6.07) is 10.2. The second-order valence-electron chi connectivity index (χ2n) is 8.43. The van der Waals surface area contributed by atoms with Crippen LogP contribution in [0.5, 0.6) is 0 Å². The molecule has 0 aliphatic carbocycles. The van der Waals surface area contributed by atoms with Crippen molar-refractivity contribution < 1.29 is 9.53 Å². The summed E-state index contributed by atoms with van der Waals surface area (Å²) in [4.78, 5) is 28.0. The molecule has 8 nitrogen and oxygen atoms in total. The van der Waals surface area contributed by atoms with Crippen molar-refractivity contribution in [2.75, 3.05) is 18.9 Å². The van der Waals surface area contributed by atoms with Gasteiger partial charge in [0.1, 0.15) is 4.70 Å². The van der Waals surface area contributed by atoms with E-state index in [1.807, 2.05) is 32.9 Å². The molecule has 2 aliphatic rings. The van der Waals surface area contributed by atoms with Gasteiger partial charge in [0.15, 0.2) is 5.16 Å². The molecule has 1 aromatic carbocycles. The first kappa shape index (κ1) is 20.9. The molecular weight excluding hydrogens is 458 g/mol. The Morgan fingerprint density at radius 2 is 2.09 bits per heavy atom. The molecule has 0 unspecified atom stereocenters. The van der Waals surface area contributed by atoms with E-state index in [0.717, 1.165) is 37.9 Å². The molecule has 1 atom stereocenters. The third-order valence-electron chi connectivity index (χ3n) is 6.40. The number of carbonyl (C=O) groups is 1. The van der Waals surface area contributed by atoms with E-state index in [4.69, 9.17) is 4.74 Å². The van der Waals surface area contributed by atoms with Crippen LogP contribution in [0.2, 0.25) is 0 Å². The Hall–Kier alpha value is -2.69. The van der Waals surface area contributed by atoms with Crippen LogP contribution in [0.15, 0.2) is 45.7 Å². The van der Waals surface area contributed by atoms with Gasteiger partial charge in [-0.25, -0.2) is 0 Å². The zero-order valence-electron chi connectivity index (χ0n) is 18.0. The maximum atomic E-state index is 13.1. The summed E-state index contributed by atoms with van der Waals surface area (Å²) < 4.78 is 10.0. The predicted molar refractivity (Wildman–Crippen MR) is 128 cm³/mol. The van der Waals surface area contributed by atoms with Gasteiger partial charge >= 0.3 is 0 Å². The highest BCUT2D eigenvalue weighted by Gasteiger charge is 2.24. The Kier molecular flexibility index (Phi) is 5.43. The van der Waals surface area contributed by atoms with Crippen molar-refractivity contribution in [2.45, 2.75) is 43.6 Å². The zero-order chi connectivity index (χ0) is 22.4. The number of benzene rings is 1. The van der Waals surface area contributed by atoms with E-state index in [-0.39, 0.29) is 23.3 Å². The molecule has 1 amide bonds. The monoisotopic (exact) mass is 481 g/mol. The standard InChI is InChI=1S/C23H23N5O3S2/c29-19(26-9-7-15-4-1-2-5-16(15)12-26)14-33-23-25-24-22-27(13-17-6-3-10-31-17)21(30)20-18(28(22)23)8-11-32-20/h1-2,4-5,8,11,17H,3,6-7,9-10,12-14H2/t17-/m1/s1. The molecule has 10 heteroatoms. The lowest BCUT2D eigenvalue weighted by atomic mass is 10.00. The minimum atomic E-state index is -0.0602. The van der Waals surface area contributed by atoms with E-state index in [1.165, 1.54) is 34.2 Å². The van der Waals surface area contributed by atoms with Crippen LogP contribution < -0.4 is 5.56 Å². The number of ether oxygens (including phenoxy) is 1. The molecule has 2 aliphatic heterocycles. The number of fused-ring (bicyclic) bond motifs is 4. The molecule has 1 saturated heterocycles. The van der Waals surface area contributed by atoms with E-state index >= 15 is 0 Å². The highest BCUT2D eigenvalue weighted by Crippen LogP contribution is 2.26. The number of hydrogen-bond acceptors (Lipinski definition) is 7. The lowest BCUT2D eigenvalue weighted by Crippen LogP contribution is -2.37. The van der Waals surface area contributed by atoms with Gasteiger partial charge in [0, 0.05) is 19.7 Å². The minimum Gasteiger partial charge on any atom is -0.376 e. The van der Waals surface area contributed by atoms with Crippen LogP contribution >= 0.6 is 23.1 Å². The molecule has 3 aromatic heterocycles. The Labute approximate surface area is 198 Å². The first-order valence-corrected chi connectivity index (χ1v) is 13.0. The fourth-order valence-corrected chi connectivity index (χ4v) is 6.34. The zero-order valence-corrected chi connectivity index (χ0v) is 19.6. The van der Waals surface area contributed by atoms with Crippen molar-refractivity contribution in [3.8, 4) is 0 Å². The van der Waals surface area contributed by atoms with Crippen LogP contribution in [-0.4, -0.2) is 55.0 Å². The Morgan fingerprint density at radius 1 is 1.21 bits per heavy atom. The molecule has 170 valence electrons. The lowest BCUT2D eigenvalue weighted by Gasteiger charge is -2.28. The summed E-state index contributed by atoms with van der Waals surface area (Å²) >= 11 is 2.79. The minimum absolute atomic E-state index is 0.0141. The topological polar surface area (TPSA) is 81.7 Å². The van der Waals surface area contributed by atoms with Crippen LogP contribution in [0.1, 0.15) is 24.0 Å². The maximum Gasteiger partial charge on any atom is 0.272 e. The molecule has 0 saturated carbocycles. The van der Waals surface area contributed by atoms with Gasteiger partial charge in [0.25, 0.3) is 5.56 Å². The Bertz CT molecular complexity index is 1400. The molecule has 33 heavy (non-hydrogen) atoms. The van der Waals surface area contributed by atoms with Crippen molar-refractivity contribution >= 4 is 45.0 Å². The van der Waals surface area contributed by atoms with Crippen LogP contribution in [0.4, 0.5) is 0 Å². The van der Waals surface area contributed by atoms with E-state index in [0.29, 0.717) is 28.7 Å². The van der Waals surface area contributed by atoms with E-state index in [2.05, 4.69) is 22.3 Å². The molecule has 1 fully saturated rings. The molecule has 0 radical (unpaired) electrons. The van der Waals surface area contributed by atoms with Gasteiger partial charge < -0.3 is 9.64 Å². The summed E-state index contributed by atoms with van der Waals surface area (Å²) in [7, 11) is 0. The third kappa shape index (κ3) is 3.75.